The van der Waals surface area contributed by atoms with Crippen molar-refractivity contribution in [1.29, 1.82) is 0 Å². The molecule has 2 heteroatoms. The second-order valence-corrected chi connectivity index (χ2v) is 10.8. The first-order valence-corrected chi connectivity index (χ1v) is 14.2. The Hall–Kier alpha value is -5.21. The van der Waals surface area contributed by atoms with Crippen LogP contribution in [0, 0.1) is 0 Å². The lowest BCUT2D eigenvalue weighted by Gasteiger charge is -2.23. The Bertz CT molecular complexity index is 1940. The van der Waals surface area contributed by atoms with Gasteiger partial charge in [0.25, 0.3) is 0 Å². The molecule has 0 fully saturated rings. The van der Waals surface area contributed by atoms with Crippen molar-refractivity contribution >= 4 is 32.8 Å². The average molecular weight is 525 g/mol. The van der Waals surface area contributed by atoms with Crippen molar-refractivity contribution in [2.75, 3.05) is 6.54 Å². The minimum atomic E-state index is 0.0447. The third-order valence-corrected chi connectivity index (χ3v) is 8.34. The van der Waals surface area contributed by atoms with Gasteiger partial charge in [0.2, 0.25) is 0 Å². The highest BCUT2D eigenvalue weighted by molar-refractivity contribution is 6.21. The van der Waals surface area contributed by atoms with E-state index in [9.17, 15) is 0 Å². The molecule has 6 aromatic rings. The minimum Gasteiger partial charge on any atom is -0.347 e. The predicted molar refractivity (Wildman–Crippen MR) is 173 cm³/mol. The zero-order valence-corrected chi connectivity index (χ0v) is 22.6. The van der Waals surface area contributed by atoms with Gasteiger partial charge in [-0.25, -0.2) is 0 Å². The van der Waals surface area contributed by atoms with Crippen molar-refractivity contribution in [2.24, 2.45) is 4.99 Å². The van der Waals surface area contributed by atoms with Crippen molar-refractivity contribution in [2.45, 2.75) is 6.17 Å². The Morgan fingerprint density at radius 3 is 1.51 bits per heavy atom. The van der Waals surface area contributed by atoms with E-state index in [-0.39, 0.29) is 6.17 Å². The molecule has 2 nitrogen and oxygen atoms in total. The summed E-state index contributed by atoms with van der Waals surface area (Å²) in [5.74, 6) is 0. The van der Waals surface area contributed by atoms with Gasteiger partial charge in [-0.2, -0.15) is 0 Å². The van der Waals surface area contributed by atoms with Gasteiger partial charge < -0.3 is 4.90 Å². The molecule has 0 saturated carbocycles. The molecular formula is C39H28N2. The lowest BCUT2D eigenvalue weighted by Crippen LogP contribution is -2.26. The number of hydrogen-bond acceptors (Lipinski definition) is 2. The highest BCUT2D eigenvalue weighted by atomic mass is 15.3. The molecule has 2 aliphatic heterocycles. The molecule has 1 unspecified atom stereocenters. The van der Waals surface area contributed by atoms with Crippen molar-refractivity contribution in [1.82, 2.24) is 4.90 Å². The molecule has 2 aliphatic rings. The summed E-state index contributed by atoms with van der Waals surface area (Å²) in [5, 5.41) is 5.11. The van der Waals surface area contributed by atoms with E-state index in [4.69, 9.17) is 4.99 Å². The minimum absolute atomic E-state index is 0.0447. The molecule has 0 saturated heterocycles. The first-order chi connectivity index (χ1) is 20.3. The predicted octanol–water partition coefficient (Wildman–Crippen LogP) is 9.37. The molecule has 0 spiro atoms. The van der Waals surface area contributed by atoms with Gasteiger partial charge in [0.05, 0.1) is 12.3 Å². The summed E-state index contributed by atoms with van der Waals surface area (Å²) < 4.78 is 0. The van der Waals surface area contributed by atoms with Gasteiger partial charge in [0.15, 0.2) is 0 Å². The van der Waals surface area contributed by atoms with Crippen LogP contribution < -0.4 is 0 Å². The van der Waals surface area contributed by atoms with Gasteiger partial charge in [-0.3, -0.25) is 4.99 Å². The maximum atomic E-state index is 5.12. The fourth-order valence-electron chi connectivity index (χ4n) is 6.38. The number of nitrogens with zero attached hydrogens (tertiary/aromatic N) is 2. The molecule has 0 amide bonds. The van der Waals surface area contributed by atoms with E-state index in [1.54, 1.807) is 0 Å². The summed E-state index contributed by atoms with van der Waals surface area (Å²) >= 11 is 0. The van der Waals surface area contributed by atoms with Gasteiger partial charge in [-0.05, 0) is 72.7 Å². The van der Waals surface area contributed by atoms with Crippen LogP contribution in [0.3, 0.4) is 0 Å². The van der Waals surface area contributed by atoms with Gasteiger partial charge in [-0.1, -0.05) is 133 Å². The smallest absolute Gasteiger partial charge is 0.141 e. The fourth-order valence-corrected chi connectivity index (χ4v) is 6.38. The molecule has 1 atom stereocenters. The van der Waals surface area contributed by atoms with E-state index in [1.165, 1.54) is 60.5 Å². The topological polar surface area (TPSA) is 15.6 Å². The zero-order chi connectivity index (χ0) is 27.2. The molecule has 0 N–H and O–H groups in total. The van der Waals surface area contributed by atoms with E-state index < -0.39 is 0 Å². The number of rotatable bonds is 4. The van der Waals surface area contributed by atoms with Crippen molar-refractivity contribution in [3.8, 4) is 22.3 Å². The quantitative estimate of drug-likeness (QED) is 0.210. The highest BCUT2D eigenvalue weighted by Gasteiger charge is 2.26. The summed E-state index contributed by atoms with van der Waals surface area (Å²) in [6.45, 7) is 0.816. The third kappa shape index (κ3) is 4.08. The van der Waals surface area contributed by atoms with Gasteiger partial charge >= 0.3 is 0 Å². The van der Waals surface area contributed by atoms with Crippen LogP contribution in [0.4, 0.5) is 0 Å². The maximum Gasteiger partial charge on any atom is 0.141 e. The zero-order valence-electron chi connectivity index (χ0n) is 22.6. The van der Waals surface area contributed by atoms with Crippen LogP contribution in [0.2, 0.25) is 0 Å². The molecule has 0 radical (unpaired) electrons. The SMILES string of the molecule is C1=CN2CC(c3ccc(-c4c5ccccc5c(-c5ccccc5)c5ccccc45)cc3)=NC2C=C1c1ccccc1. The summed E-state index contributed by atoms with van der Waals surface area (Å²) in [5.41, 5.74) is 9.82. The molecular weight excluding hydrogens is 496 g/mol. The number of hydrogen-bond donors (Lipinski definition) is 0. The lowest BCUT2D eigenvalue weighted by atomic mass is 9.86. The molecule has 41 heavy (non-hydrogen) atoms. The van der Waals surface area contributed by atoms with E-state index in [2.05, 4.69) is 157 Å². The van der Waals surface area contributed by atoms with Gasteiger partial charge in [0.1, 0.15) is 6.17 Å². The first kappa shape index (κ1) is 23.7. The molecule has 0 aliphatic carbocycles. The van der Waals surface area contributed by atoms with E-state index in [1.807, 2.05) is 0 Å². The Morgan fingerprint density at radius 1 is 0.488 bits per heavy atom. The second-order valence-electron chi connectivity index (χ2n) is 10.8. The first-order valence-electron chi connectivity index (χ1n) is 14.2. The molecule has 194 valence electrons. The van der Waals surface area contributed by atoms with Crippen LogP contribution in [-0.4, -0.2) is 23.3 Å². The van der Waals surface area contributed by atoms with E-state index in [0.717, 1.165) is 12.3 Å². The third-order valence-electron chi connectivity index (χ3n) is 8.34. The molecule has 0 bridgehead atoms. The Labute approximate surface area is 240 Å². The van der Waals surface area contributed by atoms with Crippen molar-refractivity contribution in [3.05, 3.63) is 163 Å². The van der Waals surface area contributed by atoms with Crippen LogP contribution in [0.15, 0.2) is 157 Å². The normalized spacial score (nSPS) is 16.1. The lowest BCUT2D eigenvalue weighted by molar-refractivity contribution is 0.395. The maximum absolute atomic E-state index is 5.12. The Kier molecular flexibility index (Phi) is 5.63. The fraction of sp³-hybridized carbons (Fsp3) is 0.0513. The molecule has 2 heterocycles. The summed E-state index contributed by atoms with van der Waals surface area (Å²) in [6.07, 6.45) is 6.69. The van der Waals surface area contributed by atoms with Crippen molar-refractivity contribution < 1.29 is 0 Å². The van der Waals surface area contributed by atoms with Crippen LogP contribution >= 0.6 is 0 Å². The molecule has 6 aromatic carbocycles. The summed E-state index contributed by atoms with van der Waals surface area (Å²) in [6, 6.07) is 48.0. The van der Waals surface area contributed by atoms with Crippen LogP contribution in [-0.2, 0) is 0 Å². The van der Waals surface area contributed by atoms with E-state index in [0.29, 0.717) is 0 Å². The molecule has 8 rings (SSSR count). The van der Waals surface area contributed by atoms with Crippen molar-refractivity contribution in [3.63, 3.8) is 0 Å². The number of aliphatic imine (C=N–C) groups is 1. The summed E-state index contributed by atoms with van der Waals surface area (Å²) in [4.78, 5) is 7.42. The van der Waals surface area contributed by atoms with Crippen LogP contribution in [0.1, 0.15) is 11.1 Å². The van der Waals surface area contributed by atoms with E-state index >= 15 is 0 Å². The second kappa shape index (κ2) is 9.76. The highest BCUT2D eigenvalue weighted by Crippen LogP contribution is 2.43. The Balaban J connectivity index is 1.20. The van der Waals surface area contributed by atoms with Crippen LogP contribution in [0.5, 0.6) is 0 Å². The number of allylic oxidation sites excluding steroid dienone is 2. The van der Waals surface area contributed by atoms with Gasteiger partial charge in [-0.15, -0.1) is 0 Å². The standard InChI is InChI=1S/C39H28N2/c1-3-11-27(12-4-1)31-23-24-41-26-36(40-37(41)25-31)28-19-21-30(22-20-28)39-34-17-9-7-15-32(34)38(29-13-5-2-6-14-29)33-16-8-10-18-35(33)39/h1-25,37H,26H2. The Morgan fingerprint density at radius 2 is 0.951 bits per heavy atom. The number of fused-ring (bicyclic) bond motifs is 3. The van der Waals surface area contributed by atoms with Crippen LogP contribution in [0.25, 0.3) is 49.4 Å². The van der Waals surface area contributed by atoms with Gasteiger partial charge in [0, 0.05) is 6.20 Å². The largest absolute Gasteiger partial charge is 0.347 e. The average Bonchev–Trinajstić information content (AvgIpc) is 3.48. The molecule has 0 aromatic heterocycles. The summed E-state index contributed by atoms with van der Waals surface area (Å²) in [7, 11) is 0. The number of benzene rings is 6. The monoisotopic (exact) mass is 524 g/mol.